The highest BCUT2D eigenvalue weighted by molar-refractivity contribution is 7.89. The first-order valence-corrected chi connectivity index (χ1v) is 9.03. The fourth-order valence-corrected chi connectivity index (χ4v) is 3.97. The van der Waals surface area contributed by atoms with Gasteiger partial charge in [-0.25, -0.2) is 13.1 Å². The zero-order valence-corrected chi connectivity index (χ0v) is 13.2. The van der Waals surface area contributed by atoms with Crippen molar-refractivity contribution in [2.75, 3.05) is 18.4 Å². The van der Waals surface area contributed by atoms with Crippen LogP contribution in [0.3, 0.4) is 0 Å². The van der Waals surface area contributed by atoms with Crippen LogP contribution in [-0.4, -0.2) is 32.7 Å². The van der Waals surface area contributed by atoms with Crippen molar-refractivity contribution in [3.8, 4) is 0 Å². The number of anilines is 1. The first kappa shape index (κ1) is 16.3. The number of aliphatic hydroxyl groups is 1. The fourth-order valence-electron chi connectivity index (χ4n) is 2.66. The molecule has 2 unspecified atom stereocenters. The summed E-state index contributed by atoms with van der Waals surface area (Å²) in [6, 6.07) is 6.90. The Morgan fingerprint density at radius 2 is 2.05 bits per heavy atom. The van der Waals surface area contributed by atoms with Crippen LogP contribution in [0.15, 0.2) is 29.2 Å². The van der Waals surface area contributed by atoms with Gasteiger partial charge >= 0.3 is 0 Å². The van der Waals surface area contributed by atoms with Gasteiger partial charge in [0.25, 0.3) is 0 Å². The molecule has 1 saturated carbocycles. The maximum absolute atomic E-state index is 12.3. The number of sulfonamides is 1. The van der Waals surface area contributed by atoms with E-state index in [-0.39, 0.29) is 16.9 Å². The van der Waals surface area contributed by atoms with Crippen LogP contribution in [0.1, 0.15) is 32.6 Å². The summed E-state index contributed by atoms with van der Waals surface area (Å²) >= 11 is 0. The molecule has 21 heavy (non-hydrogen) atoms. The van der Waals surface area contributed by atoms with Crippen LogP contribution in [0.2, 0.25) is 0 Å². The normalized spacial score (nSPS) is 22.4. The van der Waals surface area contributed by atoms with E-state index in [4.69, 9.17) is 0 Å². The number of hydrogen-bond donors (Lipinski definition) is 3. The van der Waals surface area contributed by atoms with Crippen molar-refractivity contribution in [2.24, 2.45) is 5.92 Å². The quantitative estimate of drug-likeness (QED) is 0.719. The van der Waals surface area contributed by atoms with E-state index in [9.17, 15) is 13.5 Å². The lowest BCUT2D eigenvalue weighted by Gasteiger charge is -2.18. The van der Waals surface area contributed by atoms with Gasteiger partial charge < -0.3 is 10.4 Å². The van der Waals surface area contributed by atoms with E-state index in [1.54, 1.807) is 18.2 Å². The number of para-hydroxylation sites is 1. The summed E-state index contributed by atoms with van der Waals surface area (Å²) in [5.74, 6) is 0.198. The van der Waals surface area contributed by atoms with E-state index in [2.05, 4.69) is 10.0 Å². The summed E-state index contributed by atoms with van der Waals surface area (Å²) in [4.78, 5) is 0.269. The van der Waals surface area contributed by atoms with Gasteiger partial charge in [-0.05, 0) is 31.4 Å². The minimum absolute atomic E-state index is 0.198. The van der Waals surface area contributed by atoms with Gasteiger partial charge in [0.15, 0.2) is 0 Å². The summed E-state index contributed by atoms with van der Waals surface area (Å²) in [6.45, 7) is 2.95. The number of benzene rings is 1. The number of nitrogens with one attached hydrogen (secondary N) is 2. The molecule has 1 fully saturated rings. The molecule has 6 heteroatoms. The van der Waals surface area contributed by atoms with Crippen molar-refractivity contribution < 1.29 is 13.5 Å². The Labute approximate surface area is 126 Å². The molecule has 2 rings (SSSR count). The third-order valence-electron chi connectivity index (χ3n) is 3.89. The lowest BCUT2D eigenvalue weighted by molar-refractivity contribution is 0.138. The number of hydrogen-bond acceptors (Lipinski definition) is 4. The van der Waals surface area contributed by atoms with Crippen LogP contribution in [0, 0.1) is 5.92 Å². The summed E-state index contributed by atoms with van der Waals surface area (Å²) < 4.78 is 27.1. The zero-order valence-electron chi connectivity index (χ0n) is 12.4. The highest BCUT2D eigenvalue weighted by Gasteiger charge is 2.25. The highest BCUT2D eigenvalue weighted by atomic mass is 32.2. The Bertz CT molecular complexity index is 560. The maximum Gasteiger partial charge on any atom is 0.242 e. The molecule has 1 aromatic carbocycles. The molecule has 0 heterocycles. The molecule has 3 N–H and O–H groups in total. The van der Waals surface area contributed by atoms with Crippen molar-refractivity contribution in [1.82, 2.24) is 4.72 Å². The van der Waals surface area contributed by atoms with Crippen molar-refractivity contribution >= 4 is 15.7 Å². The fraction of sp³-hybridized carbons (Fsp3) is 0.600. The molecule has 0 amide bonds. The van der Waals surface area contributed by atoms with E-state index >= 15 is 0 Å². The van der Waals surface area contributed by atoms with E-state index in [0.717, 1.165) is 25.7 Å². The average Bonchev–Trinajstić information content (AvgIpc) is 2.88. The van der Waals surface area contributed by atoms with Crippen molar-refractivity contribution in [3.63, 3.8) is 0 Å². The van der Waals surface area contributed by atoms with E-state index in [1.807, 2.05) is 13.0 Å². The van der Waals surface area contributed by atoms with Crippen LogP contribution < -0.4 is 10.0 Å². The van der Waals surface area contributed by atoms with Crippen LogP contribution in [0.5, 0.6) is 0 Å². The van der Waals surface area contributed by atoms with E-state index < -0.39 is 10.0 Å². The summed E-state index contributed by atoms with van der Waals surface area (Å²) in [7, 11) is -3.49. The molecule has 0 aromatic heterocycles. The number of rotatable bonds is 7. The van der Waals surface area contributed by atoms with Crippen LogP contribution in [0.4, 0.5) is 5.69 Å². The van der Waals surface area contributed by atoms with Gasteiger partial charge in [0.05, 0.1) is 11.8 Å². The second kappa shape index (κ2) is 7.24. The highest BCUT2D eigenvalue weighted by Crippen LogP contribution is 2.27. The SMILES string of the molecule is CCCNS(=O)(=O)c1ccccc1NCC1CCCC1O. The van der Waals surface area contributed by atoms with E-state index in [1.165, 1.54) is 0 Å². The predicted molar refractivity (Wildman–Crippen MR) is 83.8 cm³/mol. The van der Waals surface area contributed by atoms with Crippen molar-refractivity contribution in [2.45, 2.75) is 43.6 Å². The third kappa shape index (κ3) is 4.18. The Kier molecular flexibility index (Phi) is 5.61. The van der Waals surface area contributed by atoms with Gasteiger partial charge in [-0.1, -0.05) is 25.5 Å². The van der Waals surface area contributed by atoms with Gasteiger partial charge in [0.2, 0.25) is 10.0 Å². The average molecular weight is 312 g/mol. The maximum atomic E-state index is 12.3. The molecule has 0 radical (unpaired) electrons. The molecular formula is C15H24N2O3S. The Morgan fingerprint density at radius 1 is 1.29 bits per heavy atom. The lowest BCUT2D eigenvalue weighted by atomic mass is 10.1. The van der Waals surface area contributed by atoms with Gasteiger partial charge in [0, 0.05) is 19.0 Å². The minimum Gasteiger partial charge on any atom is -0.393 e. The molecule has 1 aliphatic carbocycles. The standard InChI is InChI=1S/C15H24N2O3S/c1-2-10-17-21(19,20)15-9-4-3-7-13(15)16-11-12-6-5-8-14(12)18/h3-4,7,9,12,14,16-18H,2,5-6,8,10-11H2,1H3. The Balaban J connectivity index is 2.09. The second-order valence-electron chi connectivity index (χ2n) is 5.53. The Hall–Kier alpha value is -1.11. The molecule has 0 bridgehead atoms. The first-order valence-electron chi connectivity index (χ1n) is 7.55. The van der Waals surface area contributed by atoms with Crippen LogP contribution in [0.25, 0.3) is 0 Å². The van der Waals surface area contributed by atoms with Gasteiger partial charge in [-0.2, -0.15) is 0 Å². The minimum atomic E-state index is -3.49. The molecule has 1 aromatic rings. The molecule has 0 aliphatic heterocycles. The van der Waals surface area contributed by atoms with Crippen molar-refractivity contribution in [1.29, 1.82) is 0 Å². The molecular weight excluding hydrogens is 288 g/mol. The molecule has 1 aliphatic rings. The topological polar surface area (TPSA) is 78.4 Å². The molecule has 2 atom stereocenters. The predicted octanol–water partition coefficient (Wildman–Crippen LogP) is 1.95. The smallest absolute Gasteiger partial charge is 0.242 e. The summed E-state index contributed by atoms with van der Waals surface area (Å²) in [5, 5.41) is 13.0. The molecule has 0 saturated heterocycles. The number of aliphatic hydroxyl groups excluding tert-OH is 1. The Morgan fingerprint density at radius 3 is 2.71 bits per heavy atom. The van der Waals surface area contributed by atoms with Crippen LogP contribution >= 0.6 is 0 Å². The van der Waals surface area contributed by atoms with Crippen LogP contribution in [-0.2, 0) is 10.0 Å². The third-order valence-corrected chi connectivity index (χ3v) is 5.41. The summed E-state index contributed by atoms with van der Waals surface area (Å²) in [5.41, 5.74) is 0.597. The van der Waals surface area contributed by atoms with E-state index in [0.29, 0.717) is 18.8 Å². The summed E-state index contributed by atoms with van der Waals surface area (Å²) in [6.07, 6.45) is 3.33. The van der Waals surface area contributed by atoms with Crippen molar-refractivity contribution in [3.05, 3.63) is 24.3 Å². The zero-order chi connectivity index (χ0) is 15.3. The first-order chi connectivity index (χ1) is 10.0. The molecule has 118 valence electrons. The van der Waals surface area contributed by atoms with Gasteiger partial charge in [-0.15, -0.1) is 0 Å². The largest absolute Gasteiger partial charge is 0.393 e. The second-order valence-corrected chi connectivity index (χ2v) is 7.27. The van der Waals surface area contributed by atoms with Gasteiger partial charge in [-0.3, -0.25) is 0 Å². The van der Waals surface area contributed by atoms with Gasteiger partial charge in [0.1, 0.15) is 4.90 Å². The molecule has 5 nitrogen and oxygen atoms in total. The lowest BCUT2D eigenvalue weighted by Crippen LogP contribution is -2.26. The molecule has 0 spiro atoms. The monoisotopic (exact) mass is 312 g/mol.